The molecule has 0 unspecified atom stereocenters. The number of carbonyl (C=O) groups is 2. The Hall–Kier alpha value is -2.18. The zero-order valence-electron chi connectivity index (χ0n) is 15.4. The minimum Gasteiger partial charge on any atom is -0.379 e. The summed E-state index contributed by atoms with van der Waals surface area (Å²) in [6.07, 6.45) is 3.48. The van der Waals surface area contributed by atoms with Crippen molar-refractivity contribution in [2.24, 2.45) is 0 Å². The second-order valence-electron chi connectivity index (χ2n) is 6.84. The quantitative estimate of drug-likeness (QED) is 0.755. The Balaban J connectivity index is 1.45. The Morgan fingerprint density at radius 3 is 2.42 bits per heavy atom. The van der Waals surface area contributed by atoms with Crippen LogP contribution < -0.4 is 0 Å². The minimum atomic E-state index is 0.00628. The number of benzene rings is 1. The summed E-state index contributed by atoms with van der Waals surface area (Å²) < 4.78 is 5.31. The largest absolute Gasteiger partial charge is 0.379 e. The van der Waals surface area contributed by atoms with Gasteiger partial charge in [-0.05, 0) is 18.6 Å². The summed E-state index contributed by atoms with van der Waals surface area (Å²) in [5.41, 5.74) is 2.20. The molecule has 0 atom stereocenters. The first-order chi connectivity index (χ1) is 12.6. The van der Waals surface area contributed by atoms with Gasteiger partial charge in [0.15, 0.2) is 0 Å². The average molecular weight is 357 g/mol. The lowest BCUT2D eigenvalue weighted by molar-refractivity contribution is -0.138. The summed E-state index contributed by atoms with van der Waals surface area (Å²) in [5, 5.41) is 0. The fraction of sp³-hybridized carbons (Fsp3) is 0.500. The molecule has 2 amide bonds. The number of rotatable bonds is 4. The van der Waals surface area contributed by atoms with Crippen molar-refractivity contribution >= 4 is 17.9 Å². The van der Waals surface area contributed by atoms with Crippen LogP contribution in [0.4, 0.5) is 0 Å². The third kappa shape index (κ3) is 5.16. The number of nitrogens with zero attached hydrogens (tertiary/aromatic N) is 3. The Kier molecular flexibility index (Phi) is 6.41. The van der Waals surface area contributed by atoms with Gasteiger partial charge < -0.3 is 14.5 Å². The van der Waals surface area contributed by atoms with E-state index in [9.17, 15) is 9.59 Å². The van der Waals surface area contributed by atoms with E-state index in [4.69, 9.17) is 4.74 Å². The van der Waals surface area contributed by atoms with Crippen molar-refractivity contribution in [2.45, 2.75) is 6.92 Å². The predicted molar refractivity (Wildman–Crippen MR) is 101 cm³/mol. The maximum Gasteiger partial charge on any atom is 0.246 e. The lowest BCUT2D eigenvalue weighted by Crippen LogP contribution is -2.53. The zero-order valence-corrected chi connectivity index (χ0v) is 15.4. The van der Waals surface area contributed by atoms with E-state index >= 15 is 0 Å². The van der Waals surface area contributed by atoms with Crippen LogP contribution in [0.3, 0.4) is 0 Å². The van der Waals surface area contributed by atoms with Crippen LogP contribution in [0, 0.1) is 6.92 Å². The van der Waals surface area contributed by atoms with Crippen LogP contribution in [0.1, 0.15) is 11.1 Å². The van der Waals surface area contributed by atoms with Crippen LogP contribution in [0.15, 0.2) is 30.3 Å². The molecular weight excluding hydrogens is 330 g/mol. The molecule has 0 aliphatic carbocycles. The van der Waals surface area contributed by atoms with E-state index in [0.717, 1.165) is 18.7 Å². The second kappa shape index (κ2) is 8.96. The first-order valence-electron chi connectivity index (χ1n) is 9.23. The SMILES string of the molecule is Cc1cccc(C=CC(=O)N2CCN(C(=O)CN3CCOCC3)CC2)c1. The Bertz CT molecular complexity index is 660. The normalized spacial score (nSPS) is 19.1. The molecular formula is C20H27N3O3. The summed E-state index contributed by atoms with van der Waals surface area (Å²) in [4.78, 5) is 30.6. The molecule has 2 fully saturated rings. The number of hydrogen-bond acceptors (Lipinski definition) is 4. The van der Waals surface area contributed by atoms with Crippen molar-refractivity contribution in [3.05, 3.63) is 41.5 Å². The molecule has 0 radical (unpaired) electrons. The monoisotopic (exact) mass is 357 g/mol. The van der Waals surface area contributed by atoms with Gasteiger partial charge in [-0.1, -0.05) is 29.8 Å². The van der Waals surface area contributed by atoms with Crippen molar-refractivity contribution in [3.63, 3.8) is 0 Å². The molecule has 3 rings (SSSR count). The Morgan fingerprint density at radius 1 is 1.04 bits per heavy atom. The molecule has 0 saturated carbocycles. The molecule has 2 saturated heterocycles. The third-order valence-corrected chi connectivity index (χ3v) is 4.87. The van der Waals surface area contributed by atoms with E-state index in [0.29, 0.717) is 45.9 Å². The predicted octanol–water partition coefficient (Wildman–Crippen LogP) is 1.01. The number of carbonyl (C=O) groups excluding carboxylic acids is 2. The second-order valence-corrected chi connectivity index (χ2v) is 6.84. The number of ether oxygens (including phenoxy) is 1. The number of aryl methyl sites for hydroxylation is 1. The molecule has 0 aromatic heterocycles. The summed E-state index contributed by atoms with van der Waals surface area (Å²) in [7, 11) is 0. The van der Waals surface area contributed by atoms with Gasteiger partial charge in [0.1, 0.15) is 0 Å². The summed E-state index contributed by atoms with van der Waals surface area (Å²) >= 11 is 0. The van der Waals surface area contributed by atoms with Gasteiger partial charge in [-0.25, -0.2) is 0 Å². The Labute approximate surface area is 155 Å². The highest BCUT2D eigenvalue weighted by atomic mass is 16.5. The van der Waals surface area contributed by atoms with E-state index in [1.54, 1.807) is 6.08 Å². The van der Waals surface area contributed by atoms with E-state index in [1.807, 2.05) is 47.1 Å². The minimum absolute atomic E-state index is 0.00628. The molecule has 1 aromatic carbocycles. The van der Waals surface area contributed by atoms with Gasteiger partial charge >= 0.3 is 0 Å². The first-order valence-corrected chi connectivity index (χ1v) is 9.23. The standard InChI is InChI=1S/C20H27N3O3/c1-17-3-2-4-18(15-17)5-6-19(24)22-7-9-23(10-8-22)20(25)16-21-11-13-26-14-12-21/h2-6,15H,7-14,16H2,1H3. The van der Waals surface area contributed by atoms with Crippen LogP contribution in [0.2, 0.25) is 0 Å². The van der Waals surface area contributed by atoms with Gasteiger partial charge in [-0.2, -0.15) is 0 Å². The highest BCUT2D eigenvalue weighted by molar-refractivity contribution is 5.92. The lowest BCUT2D eigenvalue weighted by atomic mass is 10.1. The molecule has 0 spiro atoms. The molecule has 2 aliphatic rings. The van der Waals surface area contributed by atoms with Gasteiger partial charge in [0.2, 0.25) is 11.8 Å². The van der Waals surface area contributed by atoms with Crippen molar-refractivity contribution in [1.29, 1.82) is 0 Å². The third-order valence-electron chi connectivity index (χ3n) is 4.87. The van der Waals surface area contributed by atoms with E-state index < -0.39 is 0 Å². The zero-order chi connectivity index (χ0) is 18.4. The first kappa shape index (κ1) is 18.6. The van der Waals surface area contributed by atoms with Gasteiger partial charge in [-0.15, -0.1) is 0 Å². The summed E-state index contributed by atoms with van der Waals surface area (Å²) in [5.74, 6) is 0.154. The molecule has 26 heavy (non-hydrogen) atoms. The van der Waals surface area contributed by atoms with Gasteiger partial charge in [-0.3, -0.25) is 14.5 Å². The summed E-state index contributed by atoms with van der Waals surface area (Å²) in [6.45, 7) is 7.89. The highest BCUT2D eigenvalue weighted by Crippen LogP contribution is 2.08. The maximum absolute atomic E-state index is 12.4. The van der Waals surface area contributed by atoms with Crippen LogP contribution in [0.5, 0.6) is 0 Å². The van der Waals surface area contributed by atoms with Crippen LogP contribution in [-0.4, -0.2) is 85.5 Å². The fourth-order valence-corrected chi connectivity index (χ4v) is 3.27. The molecule has 0 N–H and O–H groups in total. The lowest BCUT2D eigenvalue weighted by Gasteiger charge is -2.36. The molecule has 140 valence electrons. The van der Waals surface area contributed by atoms with Crippen molar-refractivity contribution in [3.8, 4) is 0 Å². The van der Waals surface area contributed by atoms with Crippen molar-refractivity contribution in [2.75, 3.05) is 59.0 Å². The van der Waals surface area contributed by atoms with Gasteiger partial charge in [0.25, 0.3) is 0 Å². The number of hydrogen-bond donors (Lipinski definition) is 0. The molecule has 1 aromatic rings. The Morgan fingerprint density at radius 2 is 1.73 bits per heavy atom. The number of piperazine rings is 1. The van der Waals surface area contributed by atoms with Crippen LogP contribution in [-0.2, 0) is 14.3 Å². The molecule has 6 heteroatoms. The summed E-state index contributed by atoms with van der Waals surface area (Å²) in [6, 6.07) is 8.05. The van der Waals surface area contributed by atoms with E-state index in [-0.39, 0.29) is 11.8 Å². The molecule has 2 aliphatic heterocycles. The number of morpholine rings is 1. The topological polar surface area (TPSA) is 53.1 Å². The van der Waals surface area contributed by atoms with Crippen LogP contribution >= 0.6 is 0 Å². The smallest absolute Gasteiger partial charge is 0.246 e. The van der Waals surface area contributed by atoms with E-state index in [2.05, 4.69) is 4.90 Å². The average Bonchev–Trinajstić information content (AvgIpc) is 2.67. The van der Waals surface area contributed by atoms with E-state index in [1.165, 1.54) is 5.56 Å². The molecule has 2 heterocycles. The van der Waals surface area contributed by atoms with Crippen LogP contribution in [0.25, 0.3) is 6.08 Å². The molecule has 0 bridgehead atoms. The van der Waals surface area contributed by atoms with Gasteiger partial charge in [0.05, 0.1) is 19.8 Å². The number of amides is 2. The van der Waals surface area contributed by atoms with Crippen molar-refractivity contribution < 1.29 is 14.3 Å². The highest BCUT2D eigenvalue weighted by Gasteiger charge is 2.24. The van der Waals surface area contributed by atoms with Gasteiger partial charge in [0, 0.05) is 45.3 Å². The van der Waals surface area contributed by atoms with Crippen molar-refractivity contribution in [1.82, 2.24) is 14.7 Å². The maximum atomic E-state index is 12.4. The molecule has 6 nitrogen and oxygen atoms in total. The fourth-order valence-electron chi connectivity index (χ4n) is 3.27.